The van der Waals surface area contributed by atoms with E-state index in [0.29, 0.717) is 18.1 Å². The van der Waals surface area contributed by atoms with Crippen LogP contribution in [0.2, 0.25) is 0 Å². The number of hydrogen-bond acceptors (Lipinski definition) is 3. The standard InChI is InChI=1S/C17H36N2O/c1-5-18-16-9-10-17(2,3)13-15(16)14-19(4)11-7-6-8-12-20/h15-16,18,20H,5-14H2,1-4H3. The van der Waals surface area contributed by atoms with E-state index >= 15 is 0 Å². The van der Waals surface area contributed by atoms with Crippen molar-refractivity contribution < 1.29 is 5.11 Å². The van der Waals surface area contributed by atoms with Crippen LogP contribution in [-0.2, 0) is 0 Å². The van der Waals surface area contributed by atoms with Crippen molar-refractivity contribution in [3.63, 3.8) is 0 Å². The van der Waals surface area contributed by atoms with Crippen LogP contribution < -0.4 is 5.32 Å². The minimum Gasteiger partial charge on any atom is -0.396 e. The molecular weight excluding hydrogens is 248 g/mol. The van der Waals surface area contributed by atoms with E-state index in [1.54, 1.807) is 0 Å². The number of aliphatic hydroxyl groups is 1. The second kappa shape index (κ2) is 9.01. The van der Waals surface area contributed by atoms with E-state index < -0.39 is 0 Å². The summed E-state index contributed by atoms with van der Waals surface area (Å²) in [5, 5.41) is 12.5. The molecule has 0 aromatic carbocycles. The predicted molar refractivity (Wildman–Crippen MR) is 87.0 cm³/mol. The Kier molecular flexibility index (Phi) is 8.08. The summed E-state index contributed by atoms with van der Waals surface area (Å²) in [6, 6.07) is 0.702. The topological polar surface area (TPSA) is 35.5 Å². The fourth-order valence-corrected chi connectivity index (χ4v) is 3.62. The summed E-state index contributed by atoms with van der Waals surface area (Å²) in [5.41, 5.74) is 0.508. The zero-order valence-corrected chi connectivity index (χ0v) is 14.1. The normalized spacial score (nSPS) is 26.1. The molecule has 2 N–H and O–H groups in total. The third-order valence-corrected chi connectivity index (χ3v) is 4.73. The molecule has 3 nitrogen and oxygen atoms in total. The van der Waals surface area contributed by atoms with Gasteiger partial charge in [-0.25, -0.2) is 0 Å². The van der Waals surface area contributed by atoms with Crippen LogP contribution in [0, 0.1) is 11.3 Å². The first-order chi connectivity index (χ1) is 9.48. The van der Waals surface area contributed by atoms with Gasteiger partial charge >= 0.3 is 0 Å². The van der Waals surface area contributed by atoms with Gasteiger partial charge in [0, 0.05) is 19.2 Å². The van der Waals surface area contributed by atoms with Gasteiger partial charge in [0.2, 0.25) is 0 Å². The zero-order valence-electron chi connectivity index (χ0n) is 14.1. The third kappa shape index (κ3) is 6.55. The van der Waals surface area contributed by atoms with Crippen LogP contribution in [0.4, 0.5) is 0 Å². The van der Waals surface area contributed by atoms with Crippen molar-refractivity contribution in [1.82, 2.24) is 10.2 Å². The van der Waals surface area contributed by atoms with Crippen LogP contribution in [-0.4, -0.2) is 49.3 Å². The number of rotatable bonds is 9. The molecule has 1 aliphatic carbocycles. The maximum absolute atomic E-state index is 8.82. The van der Waals surface area contributed by atoms with E-state index in [-0.39, 0.29) is 0 Å². The molecule has 0 aromatic rings. The minimum atomic E-state index is 0.336. The molecule has 1 saturated carbocycles. The van der Waals surface area contributed by atoms with Gasteiger partial charge in [0.1, 0.15) is 0 Å². The van der Waals surface area contributed by atoms with Crippen LogP contribution in [0.25, 0.3) is 0 Å². The molecule has 1 aliphatic rings. The van der Waals surface area contributed by atoms with Gasteiger partial charge < -0.3 is 15.3 Å². The number of unbranched alkanes of at least 4 members (excludes halogenated alkanes) is 2. The molecule has 0 aliphatic heterocycles. The molecule has 0 radical (unpaired) electrons. The average Bonchev–Trinajstić information content (AvgIpc) is 2.38. The van der Waals surface area contributed by atoms with Gasteiger partial charge in [-0.2, -0.15) is 0 Å². The lowest BCUT2D eigenvalue weighted by molar-refractivity contribution is 0.109. The summed E-state index contributed by atoms with van der Waals surface area (Å²) in [5.74, 6) is 0.779. The van der Waals surface area contributed by atoms with E-state index in [1.165, 1.54) is 32.2 Å². The van der Waals surface area contributed by atoms with E-state index in [9.17, 15) is 0 Å². The summed E-state index contributed by atoms with van der Waals surface area (Å²) in [6.07, 6.45) is 7.31. The molecule has 0 bridgehead atoms. The molecule has 2 atom stereocenters. The first-order valence-corrected chi connectivity index (χ1v) is 8.51. The van der Waals surface area contributed by atoms with Crippen molar-refractivity contribution in [3.8, 4) is 0 Å². The van der Waals surface area contributed by atoms with Crippen LogP contribution in [0.5, 0.6) is 0 Å². The van der Waals surface area contributed by atoms with Crippen molar-refractivity contribution in [1.29, 1.82) is 0 Å². The number of hydrogen-bond donors (Lipinski definition) is 2. The minimum absolute atomic E-state index is 0.336. The van der Waals surface area contributed by atoms with Gasteiger partial charge in [0.15, 0.2) is 0 Å². The fraction of sp³-hybridized carbons (Fsp3) is 1.00. The van der Waals surface area contributed by atoms with Crippen LogP contribution >= 0.6 is 0 Å². The summed E-state index contributed by atoms with van der Waals surface area (Å²) in [6.45, 7) is 10.9. The van der Waals surface area contributed by atoms with Crippen LogP contribution in [0.3, 0.4) is 0 Å². The molecule has 3 heteroatoms. The Hall–Kier alpha value is -0.120. The highest BCUT2D eigenvalue weighted by Gasteiger charge is 2.34. The lowest BCUT2D eigenvalue weighted by Crippen LogP contribution is -2.47. The van der Waals surface area contributed by atoms with Gasteiger partial charge in [-0.15, -0.1) is 0 Å². The Morgan fingerprint density at radius 3 is 2.65 bits per heavy atom. The molecule has 120 valence electrons. The predicted octanol–water partition coefficient (Wildman–Crippen LogP) is 2.89. The first-order valence-electron chi connectivity index (χ1n) is 8.51. The summed E-state index contributed by atoms with van der Waals surface area (Å²) >= 11 is 0. The summed E-state index contributed by atoms with van der Waals surface area (Å²) in [4.78, 5) is 2.49. The Labute approximate surface area is 126 Å². The Morgan fingerprint density at radius 1 is 1.25 bits per heavy atom. The number of nitrogens with zero attached hydrogens (tertiary/aromatic N) is 1. The van der Waals surface area contributed by atoms with Crippen LogP contribution in [0.15, 0.2) is 0 Å². The molecule has 0 aromatic heterocycles. The van der Waals surface area contributed by atoms with Crippen molar-refractivity contribution >= 4 is 0 Å². The maximum Gasteiger partial charge on any atom is 0.0431 e. The quantitative estimate of drug-likeness (QED) is 0.639. The van der Waals surface area contributed by atoms with E-state index in [2.05, 4.69) is 38.0 Å². The number of aliphatic hydroxyl groups excluding tert-OH is 1. The smallest absolute Gasteiger partial charge is 0.0431 e. The lowest BCUT2D eigenvalue weighted by Gasteiger charge is -2.42. The molecule has 1 rings (SSSR count). The van der Waals surface area contributed by atoms with Gasteiger partial charge in [-0.05, 0) is 70.0 Å². The first kappa shape index (κ1) is 17.9. The molecular formula is C17H36N2O. The van der Waals surface area contributed by atoms with Crippen molar-refractivity contribution in [2.24, 2.45) is 11.3 Å². The number of nitrogens with one attached hydrogen (secondary N) is 1. The summed E-state index contributed by atoms with van der Waals surface area (Å²) in [7, 11) is 2.25. The summed E-state index contributed by atoms with van der Waals surface area (Å²) < 4.78 is 0. The lowest BCUT2D eigenvalue weighted by atomic mass is 9.69. The second-order valence-electron chi connectivity index (χ2n) is 7.38. The van der Waals surface area contributed by atoms with E-state index in [1.807, 2.05) is 0 Å². The molecule has 1 fully saturated rings. The van der Waals surface area contributed by atoms with Crippen molar-refractivity contribution in [3.05, 3.63) is 0 Å². The van der Waals surface area contributed by atoms with Gasteiger partial charge in [-0.1, -0.05) is 20.8 Å². The Balaban J connectivity index is 2.39. The van der Waals surface area contributed by atoms with Gasteiger partial charge in [-0.3, -0.25) is 0 Å². The van der Waals surface area contributed by atoms with Crippen molar-refractivity contribution in [2.75, 3.05) is 33.3 Å². The average molecular weight is 284 g/mol. The van der Waals surface area contributed by atoms with Gasteiger partial charge in [0.05, 0.1) is 0 Å². The molecule has 2 unspecified atom stereocenters. The second-order valence-corrected chi connectivity index (χ2v) is 7.38. The highest BCUT2D eigenvalue weighted by molar-refractivity contribution is 4.89. The van der Waals surface area contributed by atoms with E-state index in [0.717, 1.165) is 31.8 Å². The van der Waals surface area contributed by atoms with Crippen LogP contribution in [0.1, 0.15) is 59.3 Å². The molecule has 0 saturated heterocycles. The Morgan fingerprint density at radius 2 is 2.00 bits per heavy atom. The monoisotopic (exact) mass is 284 g/mol. The molecule has 0 heterocycles. The van der Waals surface area contributed by atoms with Gasteiger partial charge in [0.25, 0.3) is 0 Å². The SMILES string of the molecule is CCNC1CCC(C)(C)CC1CN(C)CCCCCO. The highest BCUT2D eigenvalue weighted by Crippen LogP contribution is 2.39. The molecule has 20 heavy (non-hydrogen) atoms. The fourth-order valence-electron chi connectivity index (χ4n) is 3.62. The molecule has 0 spiro atoms. The maximum atomic E-state index is 8.82. The molecule has 0 amide bonds. The largest absolute Gasteiger partial charge is 0.396 e. The van der Waals surface area contributed by atoms with E-state index in [4.69, 9.17) is 5.11 Å². The highest BCUT2D eigenvalue weighted by atomic mass is 16.2. The third-order valence-electron chi connectivity index (χ3n) is 4.73. The zero-order chi connectivity index (χ0) is 15.0. The van der Waals surface area contributed by atoms with Crippen molar-refractivity contribution in [2.45, 2.75) is 65.3 Å². The Bertz CT molecular complexity index is 255.